The molecule has 0 fully saturated rings. The van der Waals surface area contributed by atoms with E-state index in [1.807, 2.05) is 36.4 Å². The third kappa shape index (κ3) is 4.88. The maximum absolute atomic E-state index is 13.5. The molecule has 4 rings (SSSR count). The molecule has 0 aliphatic rings. The molecule has 192 valence electrons. The van der Waals surface area contributed by atoms with Crippen LogP contribution in [0.25, 0.3) is 33.5 Å². The number of nitrogens with zero attached hydrogens (tertiary/aromatic N) is 2. The number of likely N-dealkylation sites (N-methyl/N-ethyl adjacent to an activating group) is 1. The van der Waals surface area contributed by atoms with Gasteiger partial charge in [0.2, 0.25) is 22.9 Å². The second kappa shape index (κ2) is 9.91. The lowest BCUT2D eigenvalue weighted by Gasteiger charge is -2.28. The van der Waals surface area contributed by atoms with Gasteiger partial charge in [-0.05, 0) is 29.8 Å². The Kier molecular flexibility index (Phi) is 7.18. The lowest BCUT2D eigenvalue weighted by Crippen LogP contribution is -2.56. The number of furan rings is 1. The Labute approximate surface area is 225 Å². The third-order valence-electron chi connectivity index (χ3n) is 6.36. The molecule has 1 unspecified atom stereocenters. The molecular formula is C28H28Cl2N3O4+. The predicted octanol–water partition coefficient (Wildman–Crippen LogP) is 6.71. The Morgan fingerprint density at radius 1 is 1.05 bits per heavy atom. The van der Waals surface area contributed by atoms with Crippen molar-refractivity contribution < 1.29 is 19.1 Å². The van der Waals surface area contributed by atoms with Crippen molar-refractivity contribution in [1.82, 2.24) is 9.47 Å². The monoisotopic (exact) mass is 540 g/mol. The fourth-order valence-electron chi connectivity index (χ4n) is 4.24. The van der Waals surface area contributed by atoms with E-state index in [0.717, 1.165) is 5.56 Å². The van der Waals surface area contributed by atoms with Crippen molar-refractivity contribution in [2.75, 3.05) is 20.2 Å². The number of hydrogen-bond acceptors (Lipinski definition) is 5. The van der Waals surface area contributed by atoms with Gasteiger partial charge in [0.1, 0.15) is 11.9 Å². The minimum absolute atomic E-state index is 0.0249. The second-order valence-electron chi connectivity index (χ2n) is 10.1. The highest BCUT2D eigenvalue weighted by molar-refractivity contribution is 6.33. The molecule has 2 amide bonds. The number of pyridine rings is 1. The van der Waals surface area contributed by atoms with Crippen LogP contribution >= 0.6 is 23.2 Å². The lowest BCUT2D eigenvalue weighted by atomic mass is 9.88. The first-order valence-corrected chi connectivity index (χ1v) is 12.4. The number of aliphatic hydroxyl groups excluding tert-OH is 1. The van der Waals surface area contributed by atoms with Crippen LogP contribution in [0.4, 0.5) is 10.5 Å². The molecule has 1 atom stereocenters. The first-order chi connectivity index (χ1) is 17.4. The Morgan fingerprint density at radius 3 is 2.27 bits per heavy atom. The van der Waals surface area contributed by atoms with Gasteiger partial charge < -0.3 is 15.3 Å². The van der Waals surface area contributed by atoms with E-state index >= 15 is 0 Å². The van der Waals surface area contributed by atoms with Crippen molar-refractivity contribution in [3.63, 3.8) is 0 Å². The van der Waals surface area contributed by atoms with Gasteiger partial charge in [0.25, 0.3) is 0 Å². The number of fused-ring (bicyclic) bond motifs is 1. The highest BCUT2D eigenvalue weighted by atomic mass is 35.5. The number of nitrogens with two attached hydrogens (primary N) is 1. The average molecular weight is 541 g/mol. The van der Waals surface area contributed by atoms with Crippen LogP contribution < -0.4 is 10.2 Å². The molecular weight excluding hydrogens is 513 g/mol. The molecule has 37 heavy (non-hydrogen) atoms. The number of urea groups is 1. The van der Waals surface area contributed by atoms with E-state index in [1.165, 1.54) is 0 Å². The van der Waals surface area contributed by atoms with E-state index in [4.69, 9.17) is 38.3 Å². The molecule has 0 saturated heterocycles. The molecule has 9 heteroatoms. The van der Waals surface area contributed by atoms with E-state index in [9.17, 15) is 14.7 Å². The zero-order valence-corrected chi connectivity index (χ0v) is 22.5. The second-order valence-corrected chi connectivity index (χ2v) is 10.9. The van der Waals surface area contributed by atoms with Crippen LogP contribution in [0.3, 0.4) is 0 Å². The molecule has 0 aliphatic carbocycles. The van der Waals surface area contributed by atoms with Gasteiger partial charge in [0.15, 0.2) is 0 Å². The zero-order valence-electron chi connectivity index (χ0n) is 21.0. The number of carbonyl (C=O) groups is 2. The first-order valence-electron chi connectivity index (χ1n) is 11.7. The summed E-state index contributed by atoms with van der Waals surface area (Å²) in [5.74, 6) is -0.348. The molecule has 7 nitrogen and oxygen atoms in total. The summed E-state index contributed by atoms with van der Waals surface area (Å²) < 4.78 is 5.56. The number of halogens is 2. The fraction of sp³-hybridized carbons (Fsp3) is 0.250. The van der Waals surface area contributed by atoms with Crippen molar-refractivity contribution in [3.05, 3.63) is 70.4 Å². The molecule has 0 aliphatic heterocycles. The highest BCUT2D eigenvalue weighted by Gasteiger charge is 2.44. The van der Waals surface area contributed by atoms with Crippen LogP contribution in [-0.4, -0.2) is 42.1 Å². The molecule has 0 saturated carbocycles. The van der Waals surface area contributed by atoms with Crippen molar-refractivity contribution in [3.8, 4) is 22.4 Å². The van der Waals surface area contributed by atoms with Gasteiger partial charge in [0, 0.05) is 26.6 Å². The van der Waals surface area contributed by atoms with E-state index < -0.39 is 15.9 Å². The number of amides is 2. The zero-order chi connectivity index (χ0) is 27.1. The van der Waals surface area contributed by atoms with E-state index in [-0.39, 0.29) is 36.1 Å². The van der Waals surface area contributed by atoms with Gasteiger partial charge >= 0.3 is 6.03 Å². The molecule has 4 aromatic rings. The number of quaternary nitrogens is 1. The van der Waals surface area contributed by atoms with Crippen LogP contribution in [0.1, 0.15) is 31.3 Å². The van der Waals surface area contributed by atoms with Crippen LogP contribution in [0, 0.1) is 5.41 Å². The Morgan fingerprint density at radius 2 is 1.70 bits per heavy atom. The Bertz CT molecular complexity index is 1510. The molecule has 0 bridgehead atoms. The van der Waals surface area contributed by atoms with Gasteiger partial charge in [0.05, 0.1) is 19.3 Å². The smallest absolute Gasteiger partial charge is 0.419 e. The number of aromatic nitrogens is 1. The number of ketones is 1. The summed E-state index contributed by atoms with van der Waals surface area (Å²) in [6, 6.07) is 15.6. The lowest BCUT2D eigenvalue weighted by molar-refractivity contribution is 0.0828. The summed E-state index contributed by atoms with van der Waals surface area (Å²) in [5.41, 5.74) is 8.10. The number of hydrogen-bond donors (Lipinski definition) is 2. The largest absolute Gasteiger partial charge is 0.428 e. The summed E-state index contributed by atoms with van der Waals surface area (Å²) in [4.78, 5) is 31.2. The Balaban J connectivity index is 2.17. The summed E-state index contributed by atoms with van der Waals surface area (Å²) >= 11 is 12.7. The third-order valence-corrected chi connectivity index (χ3v) is 6.94. The predicted molar refractivity (Wildman–Crippen MR) is 148 cm³/mol. The van der Waals surface area contributed by atoms with Crippen molar-refractivity contribution in [1.29, 1.82) is 0 Å². The number of aliphatic hydroxyl groups is 1. The number of carbonyl (C=O) groups excluding carboxylic acids is 2. The molecule has 3 N–H and O–H groups in total. The van der Waals surface area contributed by atoms with Crippen LogP contribution in [0.15, 0.2) is 59.0 Å². The number of rotatable bonds is 6. The molecule has 0 radical (unpaired) electrons. The number of benzene rings is 2. The van der Waals surface area contributed by atoms with Crippen molar-refractivity contribution in [2.24, 2.45) is 11.1 Å². The van der Waals surface area contributed by atoms with Gasteiger partial charge in [-0.25, -0.2) is 14.3 Å². The normalized spacial score (nSPS) is 13.5. The number of primary amides is 1. The minimum atomic E-state index is -0.825. The van der Waals surface area contributed by atoms with Gasteiger partial charge in [-0.1, -0.05) is 74.3 Å². The summed E-state index contributed by atoms with van der Waals surface area (Å²) in [7, 11) is 1.55. The van der Waals surface area contributed by atoms with Crippen LogP contribution in [0.2, 0.25) is 10.0 Å². The topological polar surface area (TPSA) is 106 Å². The standard InChI is InChI=1S/C28H27Cl2N3O4/c1-28(2,3)25(35)24-23(33(4,13-14-34)27(31)36)20-15-19(16-9-11-17(29)12-10-16)22(32-26(20)37-24)18-7-5-6-8-21(18)30/h5-12,15,34H,13-14H2,1-4H3,(H-,31,36)/p+1. The average Bonchev–Trinajstić information content (AvgIpc) is 3.22. The maximum atomic E-state index is 13.5. The van der Waals surface area contributed by atoms with Crippen LogP contribution in [0.5, 0.6) is 0 Å². The fourth-order valence-corrected chi connectivity index (χ4v) is 4.59. The molecule has 0 spiro atoms. The molecule has 2 heterocycles. The number of Topliss-reactive ketones (excluding diaryl/α,β-unsaturated/α-hetero) is 1. The maximum Gasteiger partial charge on any atom is 0.419 e. The van der Waals surface area contributed by atoms with Gasteiger partial charge in [-0.2, -0.15) is 0 Å². The van der Waals surface area contributed by atoms with E-state index in [0.29, 0.717) is 32.3 Å². The highest BCUT2D eigenvalue weighted by Crippen LogP contribution is 2.44. The van der Waals surface area contributed by atoms with Crippen molar-refractivity contribution in [2.45, 2.75) is 20.8 Å². The summed E-state index contributed by atoms with van der Waals surface area (Å²) in [5, 5.41) is 11.3. The Hall–Kier alpha value is -3.23. The SMILES string of the molecule is CC(C)(C)C(=O)c1oc2nc(-c3ccccc3Cl)c(-c3ccc(Cl)cc3)cc2c1[N+](C)(CCO)C(N)=O. The van der Waals surface area contributed by atoms with Crippen molar-refractivity contribution >= 4 is 51.8 Å². The van der Waals surface area contributed by atoms with Gasteiger partial charge in [-0.15, -0.1) is 0 Å². The van der Waals surface area contributed by atoms with Gasteiger partial charge in [-0.3, -0.25) is 4.79 Å². The van der Waals surface area contributed by atoms with E-state index in [2.05, 4.69) is 0 Å². The minimum Gasteiger partial charge on any atom is -0.428 e. The summed E-state index contributed by atoms with van der Waals surface area (Å²) in [6.07, 6.45) is 0. The quantitative estimate of drug-likeness (QED) is 0.209. The summed E-state index contributed by atoms with van der Waals surface area (Å²) in [6.45, 7) is 4.87. The van der Waals surface area contributed by atoms with E-state index in [1.54, 1.807) is 46.0 Å². The molecule has 2 aromatic heterocycles. The molecule has 2 aromatic carbocycles. The first kappa shape index (κ1) is 26.8. The van der Waals surface area contributed by atoms with Crippen LogP contribution in [-0.2, 0) is 0 Å².